The van der Waals surface area contributed by atoms with Crippen molar-refractivity contribution >= 4 is 37.2 Å². The lowest BCUT2D eigenvalue weighted by molar-refractivity contribution is -0.130. The van der Waals surface area contributed by atoms with E-state index in [9.17, 15) is 21.6 Å². The minimum Gasteiger partial charge on any atom is -0.340 e. The number of nitrogens with zero attached hydrogens (tertiary/aromatic N) is 2. The van der Waals surface area contributed by atoms with E-state index in [2.05, 4.69) is 0 Å². The van der Waals surface area contributed by atoms with Gasteiger partial charge in [0.25, 0.3) is 0 Å². The molecule has 2 heterocycles. The molecule has 2 fully saturated rings. The molecule has 2 aliphatic heterocycles. The van der Waals surface area contributed by atoms with Crippen LogP contribution in [0.4, 0.5) is 0 Å². The van der Waals surface area contributed by atoms with Crippen LogP contribution in [-0.2, 0) is 24.5 Å². The van der Waals surface area contributed by atoms with Gasteiger partial charge in [0.15, 0.2) is 19.7 Å². The summed E-state index contributed by atoms with van der Waals surface area (Å²) in [4.78, 5) is 15.1. The van der Waals surface area contributed by atoms with Crippen LogP contribution in [0.1, 0.15) is 6.92 Å². The lowest BCUT2D eigenvalue weighted by atomic mass is 10.2. The normalized spacial score (nSPS) is 26.8. The third-order valence-electron chi connectivity index (χ3n) is 5.04. The highest BCUT2D eigenvalue weighted by Gasteiger charge is 2.48. The van der Waals surface area contributed by atoms with E-state index in [4.69, 9.17) is 11.6 Å². The number of carbonyl (C=O) groups excluding carboxylic acids is 1. The maximum Gasteiger partial charge on any atom is 0.219 e. The fourth-order valence-electron chi connectivity index (χ4n) is 3.60. The number of piperazine rings is 1. The van der Waals surface area contributed by atoms with Crippen molar-refractivity contribution in [3.05, 3.63) is 29.3 Å². The zero-order chi connectivity index (χ0) is 19.1. The second-order valence-corrected chi connectivity index (χ2v) is 11.5. The van der Waals surface area contributed by atoms with Gasteiger partial charge in [-0.3, -0.25) is 9.69 Å². The van der Waals surface area contributed by atoms with E-state index < -0.39 is 31.0 Å². The van der Waals surface area contributed by atoms with Gasteiger partial charge >= 0.3 is 0 Å². The van der Waals surface area contributed by atoms with Crippen LogP contribution >= 0.6 is 11.6 Å². The standard InChI is InChI=1S/C16H21ClN2O5S2/c1-12(20)18-6-8-19(9-7-18)15-10-25(21,22)11-16(15)26(23,24)14-4-2-13(17)3-5-14/h2-5,15-16H,6-11H2,1H3/t15-,16-/m0/s1. The summed E-state index contributed by atoms with van der Waals surface area (Å²) in [5.41, 5.74) is 0. The van der Waals surface area contributed by atoms with E-state index in [1.807, 2.05) is 4.90 Å². The number of sulfone groups is 2. The Labute approximate surface area is 158 Å². The van der Waals surface area contributed by atoms with Crippen LogP contribution in [0.25, 0.3) is 0 Å². The first-order valence-electron chi connectivity index (χ1n) is 8.29. The number of benzene rings is 1. The van der Waals surface area contributed by atoms with Crippen molar-refractivity contribution in [3.8, 4) is 0 Å². The third kappa shape index (κ3) is 3.90. The summed E-state index contributed by atoms with van der Waals surface area (Å²) in [5.74, 6) is -0.589. The highest BCUT2D eigenvalue weighted by molar-refractivity contribution is 7.96. The first kappa shape index (κ1) is 19.6. The van der Waals surface area contributed by atoms with Crippen molar-refractivity contribution in [1.29, 1.82) is 0 Å². The van der Waals surface area contributed by atoms with Crippen molar-refractivity contribution in [1.82, 2.24) is 9.80 Å². The van der Waals surface area contributed by atoms with Gasteiger partial charge in [-0.25, -0.2) is 16.8 Å². The Balaban J connectivity index is 1.87. The minimum atomic E-state index is -3.81. The number of hydrogen-bond acceptors (Lipinski definition) is 6. The third-order valence-corrected chi connectivity index (χ3v) is 9.43. The molecule has 0 aliphatic carbocycles. The maximum absolute atomic E-state index is 13.1. The van der Waals surface area contributed by atoms with E-state index in [1.165, 1.54) is 31.2 Å². The molecule has 1 amide bonds. The Hall–Kier alpha value is -1.16. The van der Waals surface area contributed by atoms with Crippen molar-refractivity contribution in [2.24, 2.45) is 0 Å². The molecule has 0 unspecified atom stereocenters. The average Bonchev–Trinajstić information content (AvgIpc) is 2.92. The molecule has 0 saturated carbocycles. The zero-order valence-corrected chi connectivity index (χ0v) is 16.7. The molecule has 2 saturated heterocycles. The molecule has 1 aromatic carbocycles. The SMILES string of the molecule is CC(=O)N1CCN([C@H]2CS(=O)(=O)C[C@@H]2S(=O)(=O)c2ccc(Cl)cc2)CC1. The van der Waals surface area contributed by atoms with E-state index >= 15 is 0 Å². The summed E-state index contributed by atoms with van der Waals surface area (Å²) in [6.45, 7) is 3.36. The molecule has 1 aromatic rings. The molecule has 0 radical (unpaired) electrons. The second-order valence-electron chi connectivity index (χ2n) is 6.72. The van der Waals surface area contributed by atoms with Gasteiger partial charge in [-0.2, -0.15) is 0 Å². The monoisotopic (exact) mass is 420 g/mol. The first-order chi connectivity index (χ1) is 12.1. The number of rotatable bonds is 3. The smallest absolute Gasteiger partial charge is 0.219 e. The summed E-state index contributed by atoms with van der Waals surface area (Å²) in [6, 6.07) is 5.19. The molecular weight excluding hydrogens is 400 g/mol. The maximum atomic E-state index is 13.1. The van der Waals surface area contributed by atoms with Crippen molar-refractivity contribution in [3.63, 3.8) is 0 Å². The lowest BCUT2D eigenvalue weighted by Crippen LogP contribution is -2.55. The summed E-state index contributed by atoms with van der Waals surface area (Å²) >= 11 is 5.83. The summed E-state index contributed by atoms with van der Waals surface area (Å²) < 4.78 is 50.6. The Kier molecular flexibility index (Phi) is 5.35. The van der Waals surface area contributed by atoms with Crippen LogP contribution in [-0.4, -0.2) is 81.5 Å². The number of hydrogen-bond donors (Lipinski definition) is 0. The molecule has 26 heavy (non-hydrogen) atoms. The van der Waals surface area contributed by atoms with Crippen LogP contribution in [0.2, 0.25) is 5.02 Å². The zero-order valence-electron chi connectivity index (χ0n) is 14.3. The van der Waals surface area contributed by atoms with E-state index in [0.29, 0.717) is 31.2 Å². The molecule has 0 N–H and O–H groups in total. The summed E-state index contributed by atoms with van der Waals surface area (Å²) in [5, 5.41) is -0.600. The van der Waals surface area contributed by atoms with Gasteiger partial charge in [0.2, 0.25) is 5.91 Å². The van der Waals surface area contributed by atoms with Crippen LogP contribution in [0, 0.1) is 0 Å². The molecule has 7 nitrogen and oxygen atoms in total. The molecular formula is C16H21ClN2O5S2. The predicted molar refractivity (Wildman–Crippen MR) is 98.7 cm³/mol. The van der Waals surface area contributed by atoms with Crippen LogP contribution < -0.4 is 0 Å². The van der Waals surface area contributed by atoms with Crippen molar-refractivity contribution in [2.45, 2.75) is 23.1 Å². The van der Waals surface area contributed by atoms with Crippen LogP contribution in [0.3, 0.4) is 0 Å². The summed E-state index contributed by atoms with van der Waals surface area (Å²) in [7, 11) is -7.27. The van der Waals surface area contributed by atoms with Crippen LogP contribution in [0.15, 0.2) is 29.2 Å². The summed E-state index contributed by atoms with van der Waals surface area (Å²) in [6.07, 6.45) is 0. The minimum absolute atomic E-state index is 0.0333. The van der Waals surface area contributed by atoms with Gasteiger partial charge in [0.1, 0.15) is 0 Å². The van der Waals surface area contributed by atoms with E-state index in [0.717, 1.165) is 0 Å². The lowest BCUT2D eigenvalue weighted by Gasteiger charge is -2.39. The average molecular weight is 421 g/mol. The van der Waals surface area contributed by atoms with Gasteiger partial charge in [0.05, 0.1) is 21.7 Å². The molecule has 2 atom stereocenters. The Morgan fingerprint density at radius 3 is 2.19 bits per heavy atom. The van der Waals surface area contributed by atoms with Crippen molar-refractivity contribution < 1.29 is 21.6 Å². The topological polar surface area (TPSA) is 91.8 Å². The Morgan fingerprint density at radius 2 is 1.65 bits per heavy atom. The van der Waals surface area contributed by atoms with E-state index in [-0.39, 0.29) is 22.3 Å². The fourth-order valence-corrected chi connectivity index (χ4v) is 8.56. The first-order valence-corrected chi connectivity index (χ1v) is 12.0. The van der Waals surface area contributed by atoms with Gasteiger partial charge in [0, 0.05) is 44.2 Å². The predicted octanol–water partition coefficient (Wildman–Crippen LogP) is 0.443. The number of halogens is 1. The van der Waals surface area contributed by atoms with Gasteiger partial charge in [-0.15, -0.1) is 0 Å². The second kappa shape index (κ2) is 7.10. The largest absolute Gasteiger partial charge is 0.340 e. The van der Waals surface area contributed by atoms with E-state index in [1.54, 1.807) is 4.90 Å². The van der Waals surface area contributed by atoms with Gasteiger partial charge in [-0.05, 0) is 24.3 Å². The van der Waals surface area contributed by atoms with Crippen molar-refractivity contribution in [2.75, 3.05) is 37.7 Å². The van der Waals surface area contributed by atoms with Crippen LogP contribution in [0.5, 0.6) is 0 Å². The highest BCUT2D eigenvalue weighted by atomic mass is 35.5. The fraction of sp³-hybridized carbons (Fsp3) is 0.562. The Bertz CT molecular complexity index is 891. The molecule has 3 rings (SSSR count). The van der Waals surface area contributed by atoms with Gasteiger partial charge < -0.3 is 4.90 Å². The quantitative estimate of drug-likeness (QED) is 0.704. The number of carbonyl (C=O) groups is 1. The molecule has 10 heteroatoms. The molecule has 0 bridgehead atoms. The molecule has 0 spiro atoms. The highest BCUT2D eigenvalue weighted by Crippen LogP contribution is 2.30. The van der Waals surface area contributed by atoms with Gasteiger partial charge in [-0.1, -0.05) is 11.6 Å². The molecule has 0 aromatic heterocycles. The molecule has 144 valence electrons. The Morgan fingerprint density at radius 1 is 1.08 bits per heavy atom. The molecule has 2 aliphatic rings. The number of amides is 1.